The van der Waals surface area contributed by atoms with E-state index in [4.69, 9.17) is 4.74 Å². The van der Waals surface area contributed by atoms with E-state index in [-0.39, 0.29) is 5.41 Å². The standard InChI is InChI=1S/C21H31NO/c1-14(2)6-5-7-19-20(23-19)16-10-11-21(4,13-22)18-9-8-15(3)12-17(16)18/h6,12,16-20H,5,7-11H2,1-4H3. The van der Waals surface area contributed by atoms with Crippen molar-refractivity contribution in [2.45, 2.75) is 78.4 Å². The van der Waals surface area contributed by atoms with E-state index in [2.05, 4.69) is 45.9 Å². The van der Waals surface area contributed by atoms with Crippen LogP contribution in [0.1, 0.15) is 66.2 Å². The lowest BCUT2D eigenvalue weighted by atomic mass is 9.55. The zero-order valence-corrected chi connectivity index (χ0v) is 15.1. The molecule has 0 radical (unpaired) electrons. The molecule has 3 rings (SSSR count). The summed E-state index contributed by atoms with van der Waals surface area (Å²) in [5.41, 5.74) is 2.78. The van der Waals surface area contributed by atoms with Gasteiger partial charge in [-0.2, -0.15) is 5.26 Å². The molecule has 23 heavy (non-hydrogen) atoms. The fourth-order valence-corrected chi connectivity index (χ4v) is 4.94. The molecule has 1 heterocycles. The molecule has 126 valence electrons. The van der Waals surface area contributed by atoms with Crippen LogP contribution in [0.3, 0.4) is 0 Å². The van der Waals surface area contributed by atoms with E-state index in [0.717, 1.165) is 25.7 Å². The van der Waals surface area contributed by atoms with Crippen LogP contribution in [0.25, 0.3) is 0 Å². The second-order valence-corrected chi connectivity index (χ2v) is 8.47. The Bertz CT molecular complexity index is 551. The molecule has 0 spiro atoms. The van der Waals surface area contributed by atoms with Crippen molar-refractivity contribution in [1.82, 2.24) is 0 Å². The smallest absolute Gasteiger partial charge is 0.0875 e. The van der Waals surface area contributed by atoms with Gasteiger partial charge < -0.3 is 4.74 Å². The highest BCUT2D eigenvalue weighted by molar-refractivity contribution is 5.18. The maximum absolute atomic E-state index is 9.71. The molecule has 0 bridgehead atoms. The molecule has 2 nitrogen and oxygen atoms in total. The van der Waals surface area contributed by atoms with Crippen LogP contribution in [0.15, 0.2) is 23.3 Å². The first-order valence-corrected chi connectivity index (χ1v) is 9.32. The molecule has 2 aliphatic carbocycles. The molecule has 0 N–H and O–H groups in total. The highest BCUT2D eigenvalue weighted by atomic mass is 16.6. The Morgan fingerprint density at radius 1 is 1.43 bits per heavy atom. The van der Waals surface area contributed by atoms with Crippen molar-refractivity contribution in [3.8, 4) is 6.07 Å². The van der Waals surface area contributed by atoms with E-state index in [0.29, 0.717) is 30.0 Å². The molecule has 1 saturated carbocycles. The zero-order valence-electron chi connectivity index (χ0n) is 15.1. The lowest BCUT2D eigenvalue weighted by molar-refractivity contribution is 0.0547. The molecule has 0 aromatic rings. The van der Waals surface area contributed by atoms with Gasteiger partial charge in [0.1, 0.15) is 0 Å². The summed E-state index contributed by atoms with van der Waals surface area (Å²) in [6.45, 7) is 8.77. The predicted octanol–water partition coefficient (Wildman–Crippen LogP) is 5.41. The van der Waals surface area contributed by atoms with E-state index in [1.165, 1.54) is 24.0 Å². The minimum Gasteiger partial charge on any atom is -0.369 e. The molecule has 0 amide bonds. The summed E-state index contributed by atoms with van der Waals surface area (Å²) in [6, 6.07) is 2.65. The fourth-order valence-electron chi connectivity index (χ4n) is 4.94. The number of nitrogens with zero attached hydrogens (tertiary/aromatic N) is 1. The molecule has 1 aliphatic heterocycles. The number of hydrogen-bond acceptors (Lipinski definition) is 2. The lowest BCUT2D eigenvalue weighted by Crippen LogP contribution is -2.43. The Morgan fingerprint density at radius 3 is 2.91 bits per heavy atom. The third-order valence-electron chi connectivity index (χ3n) is 6.40. The summed E-state index contributed by atoms with van der Waals surface area (Å²) in [5.74, 6) is 1.71. The Kier molecular flexibility index (Phi) is 4.70. The van der Waals surface area contributed by atoms with Gasteiger partial charge in [0, 0.05) is 0 Å². The SMILES string of the molecule is CC(C)=CCCC1OC1C1CCC(C)(C#N)C2CCC(C)=CC12. The Labute approximate surface area is 141 Å². The van der Waals surface area contributed by atoms with Crippen LogP contribution in [0.4, 0.5) is 0 Å². The van der Waals surface area contributed by atoms with E-state index in [9.17, 15) is 5.26 Å². The van der Waals surface area contributed by atoms with E-state index in [1.807, 2.05) is 0 Å². The molecule has 3 aliphatic rings. The highest BCUT2D eigenvalue weighted by Gasteiger charge is 2.54. The summed E-state index contributed by atoms with van der Waals surface area (Å²) < 4.78 is 6.08. The van der Waals surface area contributed by atoms with Crippen LogP contribution in [0.2, 0.25) is 0 Å². The van der Waals surface area contributed by atoms with Gasteiger partial charge in [0.05, 0.1) is 23.7 Å². The maximum Gasteiger partial charge on any atom is 0.0875 e. The summed E-state index contributed by atoms with van der Waals surface area (Å²) in [7, 11) is 0. The first kappa shape index (κ1) is 16.8. The van der Waals surface area contributed by atoms with Crippen LogP contribution in [0, 0.1) is 34.5 Å². The van der Waals surface area contributed by atoms with Crippen LogP contribution in [0.5, 0.6) is 0 Å². The van der Waals surface area contributed by atoms with Gasteiger partial charge in [-0.15, -0.1) is 0 Å². The van der Waals surface area contributed by atoms with Crippen LogP contribution in [-0.2, 0) is 4.74 Å². The number of epoxide rings is 1. The molecule has 2 heteroatoms. The predicted molar refractivity (Wildman–Crippen MR) is 93.7 cm³/mol. The first-order chi connectivity index (χ1) is 10.9. The average Bonchev–Trinajstić information content (AvgIpc) is 3.26. The molecular formula is C21H31NO. The third-order valence-corrected chi connectivity index (χ3v) is 6.40. The number of nitriles is 1. The quantitative estimate of drug-likeness (QED) is 0.514. The second-order valence-electron chi connectivity index (χ2n) is 8.47. The van der Waals surface area contributed by atoms with Gasteiger partial charge in [-0.05, 0) is 84.0 Å². The van der Waals surface area contributed by atoms with Gasteiger partial charge in [0.15, 0.2) is 0 Å². The summed E-state index contributed by atoms with van der Waals surface area (Å²) in [5, 5.41) is 9.71. The summed E-state index contributed by atoms with van der Waals surface area (Å²) in [4.78, 5) is 0. The van der Waals surface area contributed by atoms with Crippen molar-refractivity contribution >= 4 is 0 Å². The van der Waals surface area contributed by atoms with Crippen molar-refractivity contribution in [3.05, 3.63) is 23.3 Å². The third kappa shape index (κ3) is 3.41. The Hall–Kier alpha value is -1.07. The average molecular weight is 313 g/mol. The van der Waals surface area contributed by atoms with Crippen molar-refractivity contribution < 1.29 is 4.74 Å². The molecule has 6 unspecified atom stereocenters. The van der Waals surface area contributed by atoms with Gasteiger partial charge in [-0.3, -0.25) is 0 Å². The van der Waals surface area contributed by atoms with Crippen molar-refractivity contribution in [3.63, 3.8) is 0 Å². The monoisotopic (exact) mass is 313 g/mol. The Balaban J connectivity index is 1.68. The van der Waals surface area contributed by atoms with Crippen molar-refractivity contribution in [2.75, 3.05) is 0 Å². The normalized spacial score (nSPS) is 42.2. The second kappa shape index (κ2) is 6.44. The van der Waals surface area contributed by atoms with Gasteiger partial charge in [-0.25, -0.2) is 0 Å². The molecule has 6 atom stereocenters. The highest BCUT2D eigenvalue weighted by Crippen LogP contribution is 2.55. The maximum atomic E-state index is 9.71. The lowest BCUT2D eigenvalue weighted by Gasteiger charge is -2.47. The summed E-state index contributed by atoms with van der Waals surface area (Å²) in [6.07, 6.45) is 12.5. The van der Waals surface area contributed by atoms with Gasteiger partial charge in [-0.1, -0.05) is 23.3 Å². The number of allylic oxidation sites excluding steroid dienone is 4. The number of ether oxygens (including phenoxy) is 1. The van der Waals surface area contributed by atoms with E-state index < -0.39 is 0 Å². The molecule has 1 saturated heterocycles. The fraction of sp³-hybridized carbons (Fsp3) is 0.762. The topological polar surface area (TPSA) is 36.3 Å². The van der Waals surface area contributed by atoms with Gasteiger partial charge in [0.2, 0.25) is 0 Å². The summed E-state index contributed by atoms with van der Waals surface area (Å²) >= 11 is 0. The van der Waals surface area contributed by atoms with E-state index in [1.54, 1.807) is 0 Å². The minimum atomic E-state index is -0.134. The largest absolute Gasteiger partial charge is 0.369 e. The number of hydrogen-bond donors (Lipinski definition) is 0. The molecular weight excluding hydrogens is 282 g/mol. The van der Waals surface area contributed by atoms with Crippen LogP contribution >= 0.6 is 0 Å². The minimum absolute atomic E-state index is 0.134. The van der Waals surface area contributed by atoms with Gasteiger partial charge >= 0.3 is 0 Å². The van der Waals surface area contributed by atoms with E-state index >= 15 is 0 Å². The molecule has 0 aromatic heterocycles. The number of fused-ring (bicyclic) bond motifs is 1. The van der Waals surface area contributed by atoms with Crippen LogP contribution in [-0.4, -0.2) is 12.2 Å². The van der Waals surface area contributed by atoms with Crippen molar-refractivity contribution in [2.24, 2.45) is 23.2 Å². The Morgan fingerprint density at radius 2 is 2.22 bits per heavy atom. The van der Waals surface area contributed by atoms with Crippen LogP contribution < -0.4 is 0 Å². The van der Waals surface area contributed by atoms with Gasteiger partial charge in [0.25, 0.3) is 0 Å². The number of rotatable bonds is 4. The van der Waals surface area contributed by atoms with Crippen molar-refractivity contribution in [1.29, 1.82) is 5.26 Å². The molecule has 2 fully saturated rings. The zero-order chi connectivity index (χ0) is 16.6. The first-order valence-electron chi connectivity index (χ1n) is 9.32. The molecule has 0 aromatic carbocycles.